The Labute approximate surface area is 177 Å². The Kier molecular flexibility index (Phi) is 7.76. The van der Waals surface area contributed by atoms with E-state index in [0.29, 0.717) is 0 Å². The normalized spacial score (nSPS) is 18.5. The topological polar surface area (TPSA) is 138 Å². The molecule has 2 rings (SSSR count). The van der Waals surface area contributed by atoms with Crippen molar-refractivity contribution in [2.24, 2.45) is 16.1 Å². The number of rotatable bonds is 8. The number of benzene rings is 1. The van der Waals surface area contributed by atoms with Crippen molar-refractivity contribution in [3.63, 3.8) is 0 Å². The molecule has 0 amide bonds. The quantitative estimate of drug-likeness (QED) is 0.262. The molecule has 10 nitrogen and oxygen atoms in total. The van der Waals surface area contributed by atoms with Crippen LogP contribution in [0.1, 0.15) is 32.3 Å². The second kappa shape index (κ2) is 10.1. The monoisotopic (exact) mass is 437 g/mol. The van der Waals surface area contributed by atoms with Crippen LogP contribution in [0.2, 0.25) is 5.02 Å². The summed E-state index contributed by atoms with van der Waals surface area (Å²) in [5.74, 6) is -3.72. The number of nitro benzene ring substituents is 1. The van der Waals surface area contributed by atoms with E-state index in [1.807, 2.05) is 0 Å². The summed E-state index contributed by atoms with van der Waals surface area (Å²) in [6.45, 7) is 4.38. The number of hydrogen-bond acceptors (Lipinski definition) is 9. The maximum atomic E-state index is 12.8. The van der Waals surface area contributed by atoms with Gasteiger partial charge in [-0.1, -0.05) is 16.8 Å². The van der Waals surface area contributed by atoms with Crippen molar-refractivity contribution in [2.75, 3.05) is 19.8 Å². The second-order valence-corrected chi connectivity index (χ2v) is 6.70. The number of nitrogens with zero attached hydrogens (tertiary/aromatic N) is 3. The first-order valence-corrected chi connectivity index (χ1v) is 9.49. The van der Waals surface area contributed by atoms with E-state index in [-0.39, 0.29) is 46.5 Å². The molecule has 0 radical (unpaired) electrons. The number of nitroso groups, excluding NO2 is 1. The van der Waals surface area contributed by atoms with Gasteiger partial charge in [0.2, 0.25) is 0 Å². The van der Waals surface area contributed by atoms with Gasteiger partial charge in [-0.05, 0) is 32.4 Å². The lowest BCUT2D eigenvalue weighted by Gasteiger charge is -2.32. The molecule has 0 saturated heterocycles. The van der Waals surface area contributed by atoms with Gasteiger partial charge in [-0.2, -0.15) is 4.91 Å². The molecule has 0 saturated carbocycles. The molecular formula is C19H20ClN3O7. The Morgan fingerprint density at radius 1 is 1.27 bits per heavy atom. The van der Waals surface area contributed by atoms with Crippen molar-refractivity contribution >= 4 is 34.9 Å². The average Bonchev–Trinajstić information content (AvgIpc) is 2.68. The summed E-state index contributed by atoms with van der Waals surface area (Å²) in [7, 11) is 0. The minimum absolute atomic E-state index is 0.00840. The summed E-state index contributed by atoms with van der Waals surface area (Å²) in [5, 5.41) is 14.2. The Balaban J connectivity index is 2.83. The average molecular weight is 438 g/mol. The van der Waals surface area contributed by atoms with E-state index < -0.39 is 35.2 Å². The first-order valence-electron chi connectivity index (χ1n) is 9.11. The van der Waals surface area contributed by atoms with Gasteiger partial charge in [0.05, 0.1) is 29.4 Å². The lowest BCUT2D eigenvalue weighted by atomic mass is 9.75. The van der Waals surface area contributed by atoms with Crippen LogP contribution in [0.25, 0.3) is 0 Å². The van der Waals surface area contributed by atoms with Crippen LogP contribution in [0.5, 0.6) is 0 Å². The van der Waals surface area contributed by atoms with Gasteiger partial charge >= 0.3 is 11.9 Å². The molecular weight excluding hydrogens is 418 g/mol. The molecule has 1 aliphatic rings. The van der Waals surface area contributed by atoms with Crippen molar-refractivity contribution in [3.05, 3.63) is 55.1 Å². The third kappa shape index (κ3) is 4.70. The minimum Gasteiger partial charge on any atom is -0.465 e. The predicted molar refractivity (Wildman–Crippen MR) is 108 cm³/mol. The van der Waals surface area contributed by atoms with E-state index in [2.05, 4.69) is 10.2 Å². The molecule has 2 atom stereocenters. The number of halogens is 1. The van der Waals surface area contributed by atoms with Crippen LogP contribution in [0.15, 0.2) is 39.6 Å². The highest BCUT2D eigenvalue weighted by molar-refractivity contribution is 6.31. The maximum absolute atomic E-state index is 12.8. The number of esters is 2. The van der Waals surface area contributed by atoms with Crippen LogP contribution in [0.3, 0.4) is 0 Å². The van der Waals surface area contributed by atoms with E-state index in [9.17, 15) is 24.6 Å². The van der Waals surface area contributed by atoms with Gasteiger partial charge in [0, 0.05) is 28.8 Å². The number of carbonyl (C=O) groups excluding carboxylic acids is 2. The van der Waals surface area contributed by atoms with Crippen molar-refractivity contribution in [1.82, 2.24) is 0 Å². The largest absolute Gasteiger partial charge is 0.465 e. The molecule has 1 aromatic rings. The van der Waals surface area contributed by atoms with Gasteiger partial charge in [-0.25, -0.2) is 4.79 Å². The molecule has 1 aromatic carbocycles. The van der Waals surface area contributed by atoms with Crippen molar-refractivity contribution < 1.29 is 24.0 Å². The molecule has 1 heterocycles. The highest BCUT2D eigenvalue weighted by Crippen LogP contribution is 2.43. The summed E-state index contributed by atoms with van der Waals surface area (Å²) in [6.07, 6.45) is 0. The van der Waals surface area contributed by atoms with E-state index in [0.717, 1.165) is 0 Å². The van der Waals surface area contributed by atoms with Crippen LogP contribution >= 0.6 is 11.6 Å². The fraction of sp³-hybridized carbons (Fsp3) is 0.421. The smallest absolute Gasteiger partial charge is 0.336 e. The summed E-state index contributed by atoms with van der Waals surface area (Å²) in [6, 6.07) is 3.69. The molecule has 30 heavy (non-hydrogen) atoms. The van der Waals surface area contributed by atoms with Crippen LogP contribution in [-0.2, 0) is 19.1 Å². The first kappa shape index (κ1) is 23.1. The van der Waals surface area contributed by atoms with Crippen LogP contribution < -0.4 is 0 Å². The van der Waals surface area contributed by atoms with Gasteiger partial charge in [0.15, 0.2) is 0 Å². The highest BCUT2D eigenvalue weighted by atomic mass is 35.5. The zero-order valence-corrected chi connectivity index (χ0v) is 17.3. The summed E-state index contributed by atoms with van der Waals surface area (Å²) >= 11 is 6.33. The molecule has 160 valence electrons. The third-order valence-electron chi connectivity index (χ3n) is 4.49. The Morgan fingerprint density at radius 3 is 2.50 bits per heavy atom. The Hall–Kier alpha value is -3.14. The van der Waals surface area contributed by atoms with Gasteiger partial charge < -0.3 is 9.47 Å². The van der Waals surface area contributed by atoms with Gasteiger partial charge in [0.25, 0.3) is 5.69 Å². The lowest BCUT2D eigenvalue weighted by Crippen LogP contribution is -2.37. The molecule has 0 fully saturated rings. The number of carbonyl (C=O) groups is 2. The molecule has 0 N–H and O–H groups in total. The molecule has 1 aliphatic heterocycles. The van der Waals surface area contributed by atoms with Gasteiger partial charge in [-0.3, -0.25) is 19.9 Å². The molecule has 2 unspecified atom stereocenters. The van der Waals surface area contributed by atoms with Crippen molar-refractivity contribution in [1.29, 1.82) is 0 Å². The fourth-order valence-corrected chi connectivity index (χ4v) is 3.56. The van der Waals surface area contributed by atoms with E-state index in [4.69, 9.17) is 21.1 Å². The third-order valence-corrected chi connectivity index (χ3v) is 4.84. The molecule has 0 spiro atoms. The van der Waals surface area contributed by atoms with Crippen LogP contribution in [-0.4, -0.2) is 42.3 Å². The number of non-ortho nitro benzene ring substituents is 1. The van der Waals surface area contributed by atoms with Crippen LogP contribution in [0, 0.1) is 20.9 Å². The SMILES string of the molecule is CCOC(=O)C1=C(CN=O)N=C(C)C(C(=O)OCC)C1c1cc([N+](=O)[O-])ccc1Cl. The van der Waals surface area contributed by atoms with E-state index >= 15 is 0 Å². The molecule has 0 aromatic heterocycles. The predicted octanol–water partition coefficient (Wildman–Crippen LogP) is 3.57. The van der Waals surface area contributed by atoms with Gasteiger partial charge in [0.1, 0.15) is 12.5 Å². The number of nitro groups is 1. The molecule has 0 aliphatic carbocycles. The Morgan fingerprint density at radius 2 is 1.93 bits per heavy atom. The Bertz CT molecular complexity index is 942. The zero-order chi connectivity index (χ0) is 22.4. The number of aliphatic imine (C=N–C) groups is 1. The maximum Gasteiger partial charge on any atom is 0.336 e. The fourth-order valence-electron chi connectivity index (χ4n) is 3.32. The van der Waals surface area contributed by atoms with Crippen molar-refractivity contribution in [3.8, 4) is 0 Å². The first-order chi connectivity index (χ1) is 14.3. The minimum atomic E-state index is -1.11. The van der Waals surface area contributed by atoms with Gasteiger partial charge in [-0.15, -0.1) is 0 Å². The van der Waals surface area contributed by atoms with Crippen LogP contribution in [0.4, 0.5) is 5.69 Å². The number of hydrogen-bond donors (Lipinski definition) is 0. The molecule has 11 heteroatoms. The number of ether oxygens (including phenoxy) is 2. The highest BCUT2D eigenvalue weighted by Gasteiger charge is 2.44. The lowest BCUT2D eigenvalue weighted by molar-refractivity contribution is -0.384. The standard InChI is InChI=1S/C19H20ClN3O7/c1-4-29-18(24)15-10(3)22-14(9-21-26)17(19(25)30-5-2)16(15)12-8-11(23(27)28)6-7-13(12)20/h6-8,15-16H,4-5,9H2,1-3H3. The zero-order valence-electron chi connectivity index (χ0n) is 16.6. The second-order valence-electron chi connectivity index (χ2n) is 6.29. The summed E-state index contributed by atoms with van der Waals surface area (Å²) in [4.78, 5) is 51.5. The summed E-state index contributed by atoms with van der Waals surface area (Å²) in [5.41, 5.74) is 0.0179. The van der Waals surface area contributed by atoms with E-state index in [1.54, 1.807) is 13.8 Å². The summed E-state index contributed by atoms with van der Waals surface area (Å²) < 4.78 is 10.3. The van der Waals surface area contributed by atoms with E-state index in [1.165, 1.54) is 25.1 Å². The van der Waals surface area contributed by atoms with Crippen molar-refractivity contribution in [2.45, 2.75) is 26.7 Å². The molecule has 0 bridgehead atoms.